The second-order valence-corrected chi connectivity index (χ2v) is 13.7. The maximum Gasteiger partial charge on any atom is 0.325 e. The summed E-state index contributed by atoms with van der Waals surface area (Å²) in [6.07, 6.45) is 1.77. The Hall–Kier alpha value is -4.10. The van der Waals surface area contributed by atoms with E-state index in [1.807, 2.05) is 6.07 Å². The van der Waals surface area contributed by atoms with Crippen LogP contribution in [0.2, 0.25) is 0 Å². The van der Waals surface area contributed by atoms with Crippen LogP contribution in [-0.2, 0) is 35.3 Å². The molecule has 5 amide bonds. The number of nitrogens with one attached hydrogen (secondary N) is 3. The number of urea groups is 1. The zero-order valence-electron chi connectivity index (χ0n) is 30.1. The van der Waals surface area contributed by atoms with Crippen LogP contribution < -0.4 is 21.7 Å². The predicted molar refractivity (Wildman–Crippen MR) is 181 cm³/mol. The van der Waals surface area contributed by atoms with Crippen molar-refractivity contribution in [1.82, 2.24) is 20.9 Å². The molecule has 3 rings (SSSR count). The molecule has 2 fully saturated rings. The number of ketones is 1. The first kappa shape index (κ1) is 42.9. The number of likely N-dealkylation sites (tertiary alicyclic amines) is 1. The van der Waals surface area contributed by atoms with Crippen LogP contribution in [0.25, 0.3) is 0 Å². The summed E-state index contributed by atoms with van der Waals surface area (Å²) < 4.78 is 32.2. The Kier molecular flexibility index (Phi) is 17.3. The van der Waals surface area contributed by atoms with Gasteiger partial charge in [-0.05, 0) is 29.7 Å². The number of halogens is 2. The lowest BCUT2D eigenvalue weighted by Gasteiger charge is -2.35. The summed E-state index contributed by atoms with van der Waals surface area (Å²) in [5.41, 5.74) is 5.02. The minimum atomic E-state index is -2.99. The number of hydrogen-bond acceptors (Lipinski definition) is 7. The first-order chi connectivity index (χ1) is 22.8. The molecular formula is C35H55F2N5O7. The fourth-order valence-electron chi connectivity index (χ4n) is 4.96. The minimum Gasteiger partial charge on any atom is -0.460 e. The van der Waals surface area contributed by atoms with Gasteiger partial charge in [0.2, 0.25) is 17.6 Å². The van der Waals surface area contributed by atoms with Gasteiger partial charge in [0.05, 0.1) is 6.04 Å². The lowest BCUT2D eigenvalue weighted by atomic mass is 9.85. The standard InChI is InChI=1S/C29H39F2N5O7.2C3H8/c1-16-10-20(25(40)34-19(22(38)24(32)39)11-18-12-29(18,30)31)36(14-16)26(41)23(28(2,3)4)35-27(42)33-13-21(37)43-15-17-8-6-5-7-9-17;2*1-3-2/h5-9,16,18-20,23H,10-15H2,1-4H3,(H2,32,39)(H,34,40)(H2,33,35,42);2*3H2,1-2H3. The summed E-state index contributed by atoms with van der Waals surface area (Å²) in [5, 5.41) is 7.31. The van der Waals surface area contributed by atoms with E-state index in [2.05, 4.69) is 43.6 Å². The largest absolute Gasteiger partial charge is 0.460 e. The zero-order chi connectivity index (χ0) is 37.5. The Morgan fingerprint density at radius 1 is 1.00 bits per heavy atom. The van der Waals surface area contributed by atoms with E-state index < -0.39 is 90.3 Å². The van der Waals surface area contributed by atoms with Gasteiger partial charge in [-0.25, -0.2) is 13.6 Å². The van der Waals surface area contributed by atoms with E-state index in [4.69, 9.17) is 10.5 Å². The lowest BCUT2D eigenvalue weighted by molar-refractivity contribution is -0.143. The first-order valence-electron chi connectivity index (χ1n) is 16.9. The molecule has 5 N–H and O–H groups in total. The number of alkyl halides is 2. The van der Waals surface area contributed by atoms with E-state index in [9.17, 15) is 37.5 Å². The minimum absolute atomic E-state index is 0.0254. The molecule has 1 saturated carbocycles. The summed E-state index contributed by atoms with van der Waals surface area (Å²) in [7, 11) is 0. The summed E-state index contributed by atoms with van der Waals surface area (Å²) in [6.45, 7) is 15.1. The molecule has 0 bridgehead atoms. The van der Waals surface area contributed by atoms with Gasteiger partial charge in [0.1, 0.15) is 25.2 Å². The van der Waals surface area contributed by atoms with Gasteiger partial charge in [0.25, 0.3) is 11.8 Å². The van der Waals surface area contributed by atoms with Gasteiger partial charge in [0.15, 0.2) is 0 Å². The molecule has 1 aromatic carbocycles. The smallest absolute Gasteiger partial charge is 0.325 e. The number of carbonyl (C=O) groups excluding carboxylic acids is 6. The van der Waals surface area contributed by atoms with Gasteiger partial charge in [-0.2, -0.15) is 0 Å². The second-order valence-electron chi connectivity index (χ2n) is 13.7. The molecule has 5 unspecified atom stereocenters. The second kappa shape index (κ2) is 19.8. The van der Waals surface area contributed by atoms with Crippen molar-refractivity contribution < 1.29 is 42.3 Å². The van der Waals surface area contributed by atoms with Crippen molar-refractivity contribution in [1.29, 1.82) is 0 Å². The molecule has 1 aliphatic heterocycles. The molecule has 1 saturated heterocycles. The Morgan fingerprint density at radius 2 is 1.55 bits per heavy atom. The lowest BCUT2D eigenvalue weighted by Crippen LogP contribution is -2.60. The molecule has 276 valence electrons. The molecule has 12 nitrogen and oxygen atoms in total. The Labute approximate surface area is 288 Å². The number of Topliss-reactive ketones (excluding diaryl/α,β-unsaturated/α-hetero) is 1. The van der Waals surface area contributed by atoms with Crippen LogP contribution >= 0.6 is 0 Å². The van der Waals surface area contributed by atoms with Crippen LogP contribution in [-0.4, -0.2) is 77.5 Å². The van der Waals surface area contributed by atoms with E-state index >= 15 is 0 Å². The molecule has 14 heteroatoms. The number of nitrogens with two attached hydrogens (primary N) is 1. The van der Waals surface area contributed by atoms with Crippen molar-refractivity contribution in [2.24, 2.45) is 23.0 Å². The molecule has 2 aliphatic rings. The van der Waals surface area contributed by atoms with Crippen LogP contribution in [0.15, 0.2) is 30.3 Å². The molecule has 0 spiro atoms. The fraction of sp³-hybridized carbons (Fsp3) is 0.657. The van der Waals surface area contributed by atoms with Gasteiger partial charge >= 0.3 is 12.0 Å². The SMILES string of the molecule is CC1CC(C(=O)NC(CC2CC2(F)F)C(=O)C(N)=O)N(C(=O)C(NC(=O)NCC(=O)OCc2ccccc2)C(C)(C)C)C1.CCC.CCC. The number of hydrogen-bond donors (Lipinski definition) is 4. The van der Waals surface area contributed by atoms with Gasteiger partial charge in [-0.3, -0.25) is 24.0 Å². The van der Waals surface area contributed by atoms with E-state index in [1.54, 1.807) is 52.0 Å². The maximum atomic E-state index is 13.8. The number of rotatable bonds is 12. The van der Waals surface area contributed by atoms with Gasteiger partial charge in [-0.1, -0.05) is 98.6 Å². The summed E-state index contributed by atoms with van der Waals surface area (Å²) >= 11 is 0. The van der Waals surface area contributed by atoms with Gasteiger partial charge in [-0.15, -0.1) is 0 Å². The number of ether oxygens (including phenoxy) is 1. The number of amides is 5. The highest BCUT2D eigenvalue weighted by Gasteiger charge is 2.58. The fourth-order valence-corrected chi connectivity index (χ4v) is 4.96. The number of carbonyl (C=O) groups is 6. The number of benzene rings is 1. The quantitative estimate of drug-likeness (QED) is 0.188. The number of nitrogens with zero attached hydrogens (tertiary/aromatic N) is 1. The van der Waals surface area contributed by atoms with Crippen molar-refractivity contribution in [2.45, 2.75) is 118 Å². The summed E-state index contributed by atoms with van der Waals surface area (Å²) in [5.74, 6) is -8.95. The van der Waals surface area contributed by atoms with Crippen LogP contribution in [0, 0.1) is 17.3 Å². The van der Waals surface area contributed by atoms with E-state index in [0.717, 1.165) is 5.56 Å². The highest BCUT2D eigenvalue weighted by Crippen LogP contribution is 2.51. The van der Waals surface area contributed by atoms with Crippen LogP contribution in [0.4, 0.5) is 13.6 Å². The predicted octanol–water partition coefficient (Wildman–Crippen LogP) is 4.10. The Bertz CT molecular complexity index is 1270. The third-order valence-electron chi connectivity index (χ3n) is 7.47. The van der Waals surface area contributed by atoms with Crippen LogP contribution in [0.5, 0.6) is 0 Å². The van der Waals surface area contributed by atoms with Crippen molar-refractivity contribution >= 4 is 35.5 Å². The molecule has 1 heterocycles. The van der Waals surface area contributed by atoms with Gasteiger partial charge in [0, 0.05) is 18.9 Å². The highest BCUT2D eigenvalue weighted by atomic mass is 19.3. The van der Waals surface area contributed by atoms with Crippen molar-refractivity contribution in [2.75, 3.05) is 13.1 Å². The Morgan fingerprint density at radius 3 is 2.04 bits per heavy atom. The monoisotopic (exact) mass is 695 g/mol. The topological polar surface area (TPSA) is 177 Å². The average Bonchev–Trinajstić information content (AvgIpc) is 3.42. The third kappa shape index (κ3) is 14.5. The van der Waals surface area contributed by atoms with E-state index in [0.29, 0.717) is 0 Å². The molecular weight excluding hydrogens is 640 g/mol. The van der Waals surface area contributed by atoms with Gasteiger partial charge < -0.3 is 31.3 Å². The molecule has 0 radical (unpaired) electrons. The molecule has 1 aromatic rings. The third-order valence-corrected chi connectivity index (χ3v) is 7.47. The van der Waals surface area contributed by atoms with Crippen LogP contribution in [0.3, 0.4) is 0 Å². The molecule has 1 aliphatic carbocycles. The van der Waals surface area contributed by atoms with Crippen LogP contribution in [0.1, 0.15) is 93.1 Å². The Balaban J connectivity index is 0.00000186. The maximum absolute atomic E-state index is 13.8. The van der Waals surface area contributed by atoms with Crippen molar-refractivity contribution in [3.63, 3.8) is 0 Å². The summed E-state index contributed by atoms with van der Waals surface area (Å²) in [6, 6.07) is 4.37. The highest BCUT2D eigenvalue weighted by molar-refractivity contribution is 6.37. The van der Waals surface area contributed by atoms with E-state index in [-0.39, 0.29) is 25.5 Å². The average molecular weight is 696 g/mol. The van der Waals surface area contributed by atoms with E-state index in [1.165, 1.54) is 17.7 Å². The molecule has 5 atom stereocenters. The number of esters is 1. The summed E-state index contributed by atoms with van der Waals surface area (Å²) in [4.78, 5) is 77.0. The molecule has 0 aromatic heterocycles. The zero-order valence-corrected chi connectivity index (χ0v) is 30.1. The van der Waals surface area contributed by atoms with Crippen molar-refractivity contribution in [3.8, 4) is 0 Å². The molecule has 49 heavy (non-hydrogen) atoms. The normalized spacial score (nSPS) is 20.1. The van der Waals surface area contributed by atoms with Crippen molar-refractivity contribution in [3.05, 3.63) is 35.9 Å². The number of primary amides is 1. The first-order valence-corrected chi connectivity index (χ1v) is 16.9.